The lowest BCUT2D eigenvalue weighted by molar-refractivity contribution is 0.468. The number of benzene rings is 1. The molecule has 0 radical (unpaired) electrons. The predicted molar refractivity (Wildman–Crippen MR) is 68.4 cm³/mol. The summed E-state index contributed by atoms with van der Waals surface area (Å²) in [6, 6.07) is 7.13. The van der Waals surface area contributed by atoms with Crippen LogP contribution in [-0.4, -0.2) is 14.7 Å². The quantitative estimate of drug-likeness (QED) is 0.920. The maximum absolute atomic E-state index is 9.78. The molecule has 0 unspecified atom stereocenters. The van der Waals surface area contributed by atoms with E-state index in [1.807, 2.05) is 10.8 Å². The molecule has 92 valence electrons. The first-order chi connectivity index (χ1) is 8.70. The molecule has 0 aliphatic rings. The van der Waals surface area contributed by atoms with E-state index in [1.165, 1.54) is 6.07 Å². The number of imidazole rings is 1. The number of aromatic nitrogens is 2. The minimum absolute atomic E-state index is 0.164. The second-order valence-electron chi connectivity index (χ2n) is 3.89. The molecule has 0 spiro atoms. The van der Waals surface area contributed by atoms with Crippen LogP contribution in [0.15, 0.2) is 30.6 Å². The van der Waals surface area contributed by atoms with Crippen molar-refractivity contribution in [1.29, 1.82) is 5.26 Å². The molecule has 18 heavy (non-hydrogen) atoms. The molecule has 1 aromatic heterocycles. The summed E-state index contributed by atoms with van der Waals surface area (Å²) in [7, 11) is 0. The van der Waals surface area contributed by atoms with E-state index in [0.717, 1.165) is 11.4 Å². The lowest BCUT2D eigenvalue weighted by atomic mass is 10.1. The third kappa shape index (κ3) is 2.82. The van der Waals surface area contributed by atoms with Crippen LogP contribution >= 0.6 is 11.6 Å². The average molecular weight is 262 g/mol. The fraction of sp³-hybridized carbons (Fsp3) is 0.231. The number of hydrogen-bond acceptors (Lipinski definition) is 3. The summed E-state index contributed by atoms with van der Waals surface area (Å²) in [6.07, 6.45) is 4.48. The van der Waals surface area contributed by atoms with Crippen molar-refractivity contribution in [2.24, 2.45) is 0 Å². The molecule has 0 fully saturated rings. The zero-order valence-corrected chi connectivity index (χ0v) is 10.4. The smallest absolute Gasteiger partial charge is 0.120 e. The molecule has 4 nitrogen and oxygen atoms in total. The van der Waals surface area contributed by atoms with Gasteiger partial charge in [0.25, 0.3) is 0 Å². The second-order valence-corrected chi connectivity index (χ2v) is 4.33. The first kappa shape index (κ1) is 12.5. The summed E-state index contributed by atoms with van der Waals surface area (Å²) in [4.78, 5) is 4.24. The minimum Gasteiger partial charge on any atom is -0.508 e. The van der Waals surface area contributed by atoms with E-state index in [1.54, 1.807) is 18.3 Å². The van der Waals surface area contributed by atoms with Crippen molar-refractivity contribution in [3.63, 3.8) is 0 Å². The van der Waals surface area contributed by atoms with E-state index in [2.05, 4.69) is 11.1 Å². The lowest BCUT2D eigenvalue weighted by Gasteiger charge is -2.07. The fourth-order valence-corrected chi connectivity index (χ4v) is 1.90. The number of rotatable bonds is 4. The molecule has 1 heterocycles. The third-order valence-corrected chi connectivity index (χ3v) is 2.90. The molecular weight excluding hydrogens is 250 g/mol. The summed E-state index contributed by atoms with van der Waals surface area (Å²) >= 11 is 5.78. The van der Waals surface area contributed by atoms with E-state index in [9.17, 15) is 5.11 Å². The second kappa shape index (κ2) is 5.56. The van der Waals surface area contributed by atoms with Crippen LogP contribution in [0, 0.1) is 11.3 Å². The highest BCUT2D eigenvalue weighted by molar-refractivity contribution is 6.30. The van der Waals surface area contributed by atoms with Gasteiger partial charge in [-0.05, 0) is 12.1 Å². The van der Waals surface area contributed by atoms with Crippen molar-refractivity contribution in [3.05, 3.63) is 47.0 Å². The summed E-state index contributed by atoms with van der Waals surface area (Å²) in [6.45, 7) is 0.611. The summed E-state index contributed by atoms with van der Waals surface area (Å²) < 4.78 is 1.91. The number of halogens is 1. The van der Waals surface area contributed by atoms with E-state index in [-0.39, 0.29) is 5.75 Å². The normalized spacial score (nSPS) is 10.2. The molecule has 1 N–H and O–H groups in total. The number of phenols is 1. The topological polar surface area (TPSA) is 61.8 Å². The molecule has 2 rings (SSSR count). The summed E-state index contributed by atoms with van der Waals surface area (Å²) in [5.74, 6) is 0.986. The van der Waals surface area contributed by atoms with Crippen LogP contribution in [0.3, 0.4) is 0 Å². The van der Waals surface area contributed by atoms with Gasteiger partial charge < -0.3 is 9.67 Å². The van der Waals surface area contributed by atoms with Crippen molar-refractivity contribution in [2.45, 2.75) is 19.4 Å². The zero-order chi connectivity index (χ0) is 13.0. The Labute approximate surface area is 110 Å². The first-order valence-electron chi connectivity index (χ1n) is 5.55. The Morgan fingerprint density at radius 1 is 1.44 bits per heavy atom. The largest absolute Gasteiger partial charge is 0.508 e. The number of nitriles is 1. The Kier molecular flexibility index (Phi) is 3.85. The molecule has 0 aliphatic carbocycles. The van der Waals surface area contributed by atoms with Gasteiger partial charge in [0.05, 0.1) is 12.5 Å². The van der Waals surface area contributed by atoms with Gasteiger partial charge in [-0.3, -0.25) is 0 Å². The maximum atomic E-state index is 9.78. The van der Waals surface area contributed by atoms with Gasteiger partial charge in [0.15, 0.2) is 0 Å². The lowest BCUT2D eigenvalue weighted by Crippen LogP contribution is -2.03. The van der Waals surface area contributed by atoms with E-state index in [0.29, 0.717) is 24.4 Å². The van der Waals surface area contributed by atoms with Crippen molar-refractivity contribution >= 4 is 11.6 Å². The average Bonchev–Trinajstić information content (AvgIpc) is 2.77. The van der Waals surface area contributed by atoms with Gasteiger partial charge in [-0.25, -0.2) is 4.98 Å². The predicted octanol–water partition coefficient (Wildman–Crippen LogP) is 2.75. The Morgan fingerprint density at radius 3 is 3.00 bits per heavy atom. The monoisotopic (exact) mass is 261 g/mol. The molecule has 0 bridgehead atoms. The number of phenolic OH excluding ortho intramolecular Hbond substituents is 1. The molecule has 0 saturated heterocycles. The third-order valence-electron chi connectivity index (χ3n) is 2.66. The van der Waals surface area contributed by atoms with E-state index >= 15 is 0 Å². The first-order valence-corrected chi connectivity index (χ1v) is 5.93. The van der Waals surface area contributed by atoms with Gasteiger partial charge in [-0.15, -0.1) is 0 Å². The van der Waals surface area contributed by atoms with Crippen molar-refractivity contribution < 1.29 is 5.11 Å². The highest BCUT2D eigenvalue weighted by Crippen LogP contribution is 2.23. The fourth-order valence-electron chi connectivity index (χ4n) is 1.74. The number of nitrogens with zero attached hydrogens (tertiary/aromatic N) is 3. The molecule has 5 heteroatoms. The molecule has 1 aromatic carbocycles. The highest BCUT2D eigenvalue weighted by Gasteiger charge is 2.08. The molecule has 2 aromatic rings. The van der Waals surface area contributed by atoms with Gasteiger partial charge in [0.2, 0.25) is 0 Å². The van der Waals surface area contributed by atoms with Crippen LogP contribution in [0.2, 0.25) is 5.02 Å². The number of aryl methyl sites for hydroxylation is 1. The number of aromatic hydroxyl groups is 1. The van der Waals surface area contributed by atoms with Crippen molar-refractivity contribution in [2.75, 3.05) is 0 Å². The Bertz CT molecular complexity index is 586. The minimum atomic E-state index is 0.164. The Morgan fingerprint density at radius 2 is 2.28 bits per heavy atom. The van der Waals surface area contributed by atoms with Crippen LogP contribution in [0.1, 0.15) is 17.8 Å². The van der Waals surface area contributed by atoms with Crippen LogP contribution in [0.25, 0.3) is 0 Å². The number of hydrogen-bond donors (Lipinski definition) is 1. The Balaban J connectivity index is 2.18. The highest BCUT2D eigenvalue weighted by atomic mass is 35.5. The van der Waals surface area contributed by atoms with Crippen LogP contribution < -0.4 is 0 Å². The molecule has 0 atom stereocenters. The van der Waals surface area contributed by atoms with Gasteiger partial charge in [0.1, 0.15) is 11.6 Å². The Hall–Kier alpha value is -1.99. The zero-order valence-electron chi connectivity index (χ0n) is 9.67. The van der Waals surface area contributed by atoms with Gasteiger partial charge in [-0.2, -0.15) is 5.26 Å². The van der Waals surface area contributed by atoms with Gasteiger partial charge in [0, 0.05) is 35.9 Å². The van der Waals surface area contributed by atoms with Gasteiger partial charge >= 0.3 is 0 Å². The molecular formula is C13H12ClN3O. The van der Waals surface area contributed by atoms with Crippen LogP contribution in [-0.2, 0) is 13.0 Å². The van der Waals surface area contributed by atoms with Crippen LogP contribution in [0.4, 0.5) is 0 Å². The molecule has 0 saturated carbocycles. The van der Waals surface area contributed by atoms with E-state index < -0.39 is 0 Å². The standard InChI is InChI=1S/C13H12ClN3O/c14-11-3-2-10(12(18)9-11)8-13-16-5-7-17(13)6-1-4-15/h2-3,5,7,9,18H,1,6,8H2. The molecule has 0 amide bonds. The summed E-state index contributed by atoms with van der Waals surface area (Å²) in [5.41, 5.74) is 0.767. The van der Waals surface area contributed by atoms with E-state index in [4.69, 9.17) is 16.9 Å². The van der Waals surface area contributed by atoms with Crippen molar-refractivity contribution in [3.8, 4) is 11.8 Å². The van der Waals surface area contributed by atoms with Crippen molar-refractivity contribution in [1.82, 2.24) is 9.55 Å². The molecule has 0 aliphatic heterocycles. The summed E-state index contributed by atoms with van der Waals surface area (Å²) in [5, 5.41) is 18.9. The maximum Gasteiger partial charge on any atom is 0.120 e. The van der Waals surface area contributed by atoms with Crippen LogP contribution in [0.5, 0.6) is 5.75 Å². The van der Waals surface area contributed by atoms with Gasteiger partial charge in [-0.1, -0.05) is 17.7 Å². The SMILES string of the molecule is N#CCCn1ccnc1Cc1ccc(Cl)cc1O.